The van der Waals surface area contributed by atoms with Crippen LogP contribution in [0.4, 0.5) is 0 Å². The van der Waals surface area contributed by atoms with Crippen LogP contribution in [0.15, 0.2) is 110 Å². The lowest BCUT2D eigenvalue weighted by molar-refractivity contribution is -0.154. The van der Waals surface area contributed by atoms with Gasteiger partial charge in [-0.1, -0.05) is 97.1 Å². The van der Waals surface area contributed by atoms with E-state index in [0.29, 0.717) is 32.2 Å². The number of ether oxygens (including phenoxy) is 1. The molecular weight excluding hydrogens is 552 g/mol. The van der Waals surface area contributed by atoms with Crippen molar-refractivity contribution in [2.24, 2.45) is 11.8 Å². The molecule has 3 aromatic rings. The average molecular weight is 595 g/mol. The molecule has 0 fully saturated rings. The number of carbonyl (C=O) groups is 3. The second-order valence-electron chi connectivity index (χ2n) is 11.2. The van der Waals surface area contributed by atoms with Crippen molar-refractivity contribution in [3.63, 3.8) is 0 Å². The average Bonchev–Trinajstić information content (AvgIpc) is 3.06. The Kier molecular flexibility index (Phi) is 12.1. The molecule has 0 bridgehead atoms. The molecule has 4 rings (SSSR count). The Labute approximate surface area is 260 Å². The molecule has 1 aliphatic rings. The van der Waals surface area contributed by atoms with E-state index >= 15 is 0 Å². The van der Waals surface area contributed by atoms with Crippen molar-refractivity contribution in [2.45, 2.75) is 50.8 Å². The summed E-state index contributed by atoms with van der Waals surface area (Å²) in [5, 5.41) is 13.0. The van der Waals surface area contributed by atoms with Crippen LogP contribution in [-0.4, -0.2) is 47.0 Å². The number of esters is 1. The first-order valence-corrected chi connectivity index (χ1v) is 15.2. The fourth-order valence-corrected chi connectivity index (χ4v) is 5.69. The molecule has 230 valence electrons. The van der Waals surface area contributed by atoms with Crippen LogP contribution in [-0.2, 0) is 38.5 Å². The molecule has 0 aromatic heterocycles. The molecule has 7 nitrogen and oxygen atoms in total. The van der Waals surface area contributed by atoms with Gasteiger partial charge in [0.25, 0.3) is 0 Å². The number of rotatable bonds is 15. The number of amides is 2. The normalized spacial score (nSPS) is 16.1. The van der Waals surface area contributed by atoms with Crippen LogP contribution in [0.2, 0.25) is 0 Å². The zero-order valence-electron chi connectivity index (χ0n) is 25.1. The monoisotopic (exact) mass is 594 g/mol. The van der Waals surface area contributed by atoms with Crippen LogP contribution in [0.25, 0.3) is 0 Å². The molecule has 2 amide bonds. The highest BCUT2D eigenvalue weighted by molar-refractivity contribution is 5.86. The lowest BCUT2D eigenvalue weighted by Gasteiger charge is -2.36. The van der Waals surface area contributed by atoms with Gasteiger partial charge in [0.15, 0.2) is 0 Å². The second-order valence-corrected chi connectivity index (χ2v) is 11.2. The first-order valence-electron chi connectivity index (χ1n) is 15.2. The van der Waals surface area contributed by atoms with Gasteiger partial charge < -0.3 is 20.1 Å². The number of fused-ring (bicyclic) bond motifs is 1. The molecule has 3 aromatic carbocycles. The Morgan fingerprint density at radius 2 is 1.50 bits per heavy atom. The lowest BCUT2D eigenvalue weighted by atomic mass is 9.92. The third kappa shape index (κ3) is 8.77. The van der Waals surface area contributed by atoms with Crippen LogP contribution in [0.5, 0.6) is 0 Å². The van der Waals surface area contributed by atoms with Crippen LogP contribution in [0.1, 0.15) is 47.6 Å². The standard InChI is InChI=1S/C37H42N2O5/c1-3-13-30(23-35(41)39-25-32-20-12-11-19-29(32)22-33(39)26-40)36(42)38-24-34(28-17-9-6-10-18-28)44-37(43)31(14-4-2)21-27-15-7-5-8-16-27/h3-12,15-20,30-31,33-34,40H,1-2,13-14,21-26H2,(H,38,42)/t30-,31-,33+,34-/m1/s1. The summed E-state index contributed by atoms with van der Waals surface area (Å²) in [6.07, 6.45) is 4.45. The van der Waals surface area contributed by atoms with E-state index in [1.54, 1.807) is 17.1 Å². The minimum absolute atomic E-state index is 0.0230. The number of hydrogen-bond acceptors (Lipinski definition) is 5. The SMILES string of the molecule is C=CC[C@H](CC(=O)N1Cc2ccccc2C[C@H]1CO)C(=O)NC[C@@H](OC(=O)[C@H](CC=C)Cc1ccccc1)c1ccccc1. The maximum absolute atomic E-state index is 13.5. The van der Waals surface area contributed by atoms with Gasteiger partial charge >= 0.3 is 5.97 Å². The lowest BCUT2D eigenvalue weighted by Crippen LogP contribution is -2.47. The molecule has 4 atom stereocenters. The Hall–Kier alpha value is -4.49. The van der Waals surface area contributed by atoms with E-state index < -0.39 is 17.9 Å². The van der Waals surface area contributed by atoms with E-state index in [4.69, 9.17) is 4.74 Å². The largest absolute Gasteiger partial charge is 0.455 e. The van der Waals surface area contributed by atoms with E-state index in [0.717, 1.165) is 22.3 Å². The smallest absolute Gasteiger partial charge is 0.310 e. The van der Waals surface area contributed by atoms with E-state index in [1.165, 1.54) is 0 Å². The summed E-state index contributed by atoms with van der Waals surface area (Å²) >= 11 is 0. The summed E-state index contributed by atoms with van der Waals surface area (Å²) in [6.45, 7) is 7.91. The number of allylic oxidation sites excluding steroid dienone is 2. The fourth-order valence-electron chi connectivity index (χ4n) is 5.69. The molecule has 0 saturated heterocycles. The number of hydrogen-bond donors (Lipinski definition) is 2. The summed E-state index contributed by atoms with van der Waals surface area (Å²) in [6, 6.07) is 26.6. The Morgan fingerprint density at radius 1 is 0.886 bits per heavy atom. The molecule has 44 heavy (non-hydrogen) atoms. The van der Waals surface area contributed by atoms with Gasteiger partial charge in [-0.05, 0) is 47.9 Å². The highest BCUT2D eigenvalue weighted by Gasteiger charge is 2.32. The number of nitrogens with zero attached hydrogens (tertiary/aromatic N) is 1. The number of aliphatic hydroxyl groups is 1. The topological polar surface area (TPSA) is 95.9 Å². The quantitative estimate of drug-likeness (QED) is 0.183. The van der Waals surface area contributed by atoms with Crippen LogP contribution in [0, 0.1) is 11.8 Å². The predicted molar refractivity (Wildman–Crippen MR) is 171 cm³/mol. The zero-order valence-corrected chi connectivity index (χ0v) is 25.1. The summed E-state index contributed by atoms with van der Waals surface area (Å²) in [7, 11) is 0. The van der Waals surface area contributed by atoms with Gasteiger partial charge in [0.2, 0.25) is 11.8 Å². The molecule has 0 saturated carbocycles. The summed E-state index contributed by atoms with van der Waals surface area (Å²) in [5.41, 5.74) is 3.95. The Bertz CT molecular complexity index is 1410. The van der Waals surface area contributed by atoms with Crippen molar-refractivity contribution in [3.05, 3.63) is 132 Å². The van der Waals surface area contributed by atoms with Gasteiger partial charge in [0, 0.05) is 13.0 Å². The van der Waals surface area contributed by atoms with Crippen LogP contribution >= 0.6 is 0 Å². The van der Waals surface area contributed by atoms with Crippen molar-refractivity contribution in [3.8, 4) is 0 Å². The number of benzene rings is 3. The minimum Gasteiger partial charge on any atom is -0.455 e. The van der Waals surface area contributed by atoms with Gasteiger partial charge in [-0.15, -0.1) is 13.2 Å². The van der Waals surface area contributed by atoms with Crippen molar-refractivity contribution in [1.29, 1.82) is 0 Å². The molecule has 0 radical (unpaired) electrons. The molecule has 2 N–H and O–H groups in total. The maximum atomic E-state index is 13.5. The molecule has 0 spiro atoms. The van der Waals surface area contributed by atoms with Crippen molar-refractivity contribution in [2.75, 3.05) is 13.2 Å². The maximum Gasteiger partial charge on any atom is 0.310 e. The third-order valence-corrected chi connectivity index (χ3v) is 8.13. The Balaban J connectivity index is 1.43. The minimum atomic E-state index is -0.715. The van der Waals surface area contributed by atoms with E-state index in [-0.39, 0.29) is 43.4 Å². The molecule has 0 aliphatic carbocycles. The van der Waals surface area contributed by atoms with Gasteiger partial charge in [0.05, 0.1) is 31.0 Å². The number of nitrogens with one attached hydrogen (secondary N) is 1. The van der Waals surface area contributed by atoms with E-state index in [2.05, 4.69) is 18.5 Å². The van der Waals surface area contributed by atoms with Crippen molar-refractivity contribution < 1.29 is 24.2 Å². The second kappa shape index (κ2) is 16.4. The van der Waals surface area contributed by atoms with Crippen molar-refractivity contribution in [1.82, 2.24) is 10.2 Å². The third-order valence-electron chi connectivity index (χ3n) is 8.13. The fraction of sp³-hybridized carbons (Fsp3) is 0.324. The molecule has 1 aliphatic heterocycles. The molecule has 7 heteroatoms. The first kappa shape index (κ1) is 32.4. The summed E-state index contributed by atoms with van der Waals surface area (Å²) in [5.74, 6) is -1.96. The van der Waals surface area contributed by atoms with Gasteiger partial charge in [-0.3, -0.25) is 14.4 Å². The van der Waals surface area contributed by atoms with Crippen LogP contribution in [0.3, 0.4) is 0 Å². The zero-order chi connectivity index (χ0) is 31.3. The van der Waals surface area contributed by atoms with Gasteiger partial charge in [0.1, 0.15) is 6.10 Å². The molecule has 1 heterocycles. The van der Waals surface area contributed by atoms with E-state index in [1.807, 2.05) is 84.9 Å². The number of aliphatic hydroxyl groups excluding tert-OH is 1. The molecular formula is C37H42N2O5. The predicted octanol–water partition coefficient (Wildman–Crippen LogP) is 5.35. The van der Waals surface area contributed by atoms with E-state index in [9.17, 15) is 19.5 Å². The van der Waals surface area contributed by atoms with Gasteiger partial charge in [-0.2, -0.15) is 0 Å². The number of carbonyl (C=O) groups excluding carboxylic acids is 3. The molecule has 0 unspecified atom stereocenters. The highest BCUT2D eigenvalue weighted by Crippen LogP contribution is 2.26. The summed E-state index contributed by atoms with van der Waals surface area (Å²) in [4.78, 5) is 42.0. The Morgan fingerprint density at radius 3 is 2.16 bits per heavy atom. The van der Waals surface area contributed by atoms with Gasteiger partial charge in [-0.25, -0.2) is 0 Å². The van der Waals surface area contributed by atoms with Crippen LogP contribution < -0.4 is 5.32 Å². The van der Waals surface area contributed by atoms with Crippen molar-refractivity contribution >= 4 is 17.8 Å². The summed E-state index contributed by atoms with van der Waals surface area (Å²) < 4.78 is 6.03. The highest BCUT2D eigenvalue weighted by atomic mass is 16.5. The first-order chi connectivity index (χ1) is 21.4.